The van der Waals surface area contributed by atoms with Gasteiger partial charge in [-0.2, -0.15) is 0 Å². The third kappa shape index (κ3) is 2.74. The van der Waals surface area contributed by atoms with Gasteiger partial charge in [-0.25, -0.2) is 4.98 Å². The van der Waals surface area contributed by atoms with Crippen molar-refractivity contribution in [3.63, 3.8) is 0 Å². The highest BCUT2D eigenvalue weighted by Crippen LogP contribution is 2.17. The van der Waals surface area contributed by atoms with Gasteiger partial charge in [-0.3, -0.25) is 4.79 Å². The Kier molecular flexibility index (Phi) is 3.82. The molecule has 2 N–H and O–H groups in total. The molecule has 0 saturated carbocycles. The molecule has 0 radical (unpaired) electrons. The minimum Gasteiger partial charge on any atom is -0.394 e. The van der Waals surface area contributed by atoms with Crippen LogP contribution in [0.25, 0.3) is 0 Å². The molecule has 1 amide bonds. The number of carbonyl (C=O) groups excluding carboxylic acids is 1. The smallest absolute Gasteiger partial charge is 0.321 e. The van der Waals surface area contributed by atoms with Crippen LogP contribution in [0.3, 0.4) is 0 Å². The minimum atomic E-state index is -0.587. The molecule has 8 heteroatoms. The summed E-state index contributed by atoms with van der Waals surface area (Å²) < 4.78 is 5.34. The second-order valence-electron chi connectivity index (χ2n) is 4.46. The normalized spacial score (nSPS) is 23.4. The number of rotatable bonds is 3. The Hall–Kier alpha value is -1.93. The number of H-pyrrole nitrogens is 1. The van der Waals surface area contributed by atoms with Crippen molar-refractivity contribution >= 4 is 11.7 Å². The third-order valence-electron chi connectivity index (χ3n) is 3.07. The number of nitro groups is 1. The molecule has 2 heterocycles. The third-order valence-corrected chi connectivity index (χ3v) is 3.07. The molecule has 0 spiro atoms. The molecule has 2 atom stereocenters. The molecular weight excluding hydrogens is 254 g/mol. The van der Waals surface area contributed by atoms with Crippen molar-refractivity contribution in [3.05, 3.63) is 27.9 Å². The molecule has 1 aliphatic rings. The van der Waals surface area contributed by atoms with Gasteiger partial charge in [-0.05, 0) is 17.9 Å². The van der Waals surface area contributed by atoms with E-state index in [1.807, 2.05) is 6.92 Å². The summed E-state index contributed by atoms with van der Waals surface area (Å²) in [4.78, 5) is 26.2. The summed E-state index contributed by atoms with van der Waals surface area (Å²) in [5, 5.41) is 19.6. The lowest BCUT2D eigenvalue weighted by molar-refractivity contribution is -0.389. The van der Waals surface area contributed by atoms with Crippen LogP contribution in [0.15, 0.2) is 12.1 Å². The molecule has 2 rings (SSSR count). The Labute approximate surface area is 109 Å². The van der Waals surface area contributed by atoms with Gasteiger partial charge in [0.05, 0.1) is 25.4 Å². The zero-order valence-electron chi connectivity index (χ0n) is 10.4. The minimum absolute atomic E-state index is 0.141. The van der Waals surface area contributed by atoms with Crippen molar-refractivity contribution in [2.75, 3.05) is 19.8 Å². The summed E-state index contributed by atoms with van der Waals surface area (Å²) in [6.45, 7) is 2.26. The number of aliphatic hydroxyl groups excluding tert-OH is 1. The van der Waals surface area contributed by atoms with Gasteiger partial charge < -0.3 is 24.9 Å². The summed E-state index contributed by atoms with van der Waals surface area (Å²) in [5.74, 6) is -0.551. The summed E-state index contributed by atoms with van der Waals surface area (Å²) >= 11 is 0. The van der Waals surface area contributed by atoms with E-state index in [1.54, 1.807) is 4.90 Å². The highest BCUT2D eigenvalue weighted by atomic mass is 16.6. The van der Waals surface area contributed by atoms with Crippen molar-refractivity contribution in [1.82, 2.24) is 9.88 Å². The quantitative estimate of drug-likeness (QED) is 0.599. The number of aromatic nitrogens is 1. The Morgan fingerprint density at radius 2 is 2.42 bits per heavy atom. The predicted octanol–water partition coefficient (Wildman–Crippen LogP) is 0.145. The largest absolute Gasteiger partial charge is 0.394 e. The maximum atomic E-state index is 12.2. The van der Waals surface area contributed by atoms with Gasteiger partial charge in [0.1, 0.15) is 0 Å². The summed E-state index contributed by atoms with van der Waals surface area (Å²) in [6, 6.07) is 2.50. The van der Waals surface area contributed by atoms with Crippen LogP contribution in [0.5, 0.6) is 0 Å². The van der Waals surface area contributed by atoms with Gasteiger partial charge in [0.15, 0.2) is 5.69 Å². The predicted molar refractivity (Wildman–Crippen MR) is 64.8 cm³/mol. The topological polar surface area (TPSA) is 109 Å². The Bertz CT molecular complexity index is 486. The molecule has 1 fully saturated rings. The van der Waals surface area contributed by atoms with E-state index in [0.29, 0.717) is 6.61 Å². The van der Waals surface area contributed by atoms with E-state index in [1.165, 1.54) is 12.1 Å². The van der Waals surface area contributed by atoms with Crippen LogP contribution >= 0.6 is 0 Å². The lowest BCUT2D eigenvalue weighted by Crippen LogP contribution is -2.52. The van der Waals surface area contributed by atoms with E-state index < -0.39 is 11.0 Å². The van der Waals surface area contributed by atoms with Gasteiger partial charge >= 0.3 is 5.82 Å². The molecule has 1 aromatic heterocycles. The number of nitrogens with one attached hydrogen (secondary N) is 1. The molecule has 2 unspecified atom stereocenters. The first-order valence-electron chi connectivity index (χ1n) is 5.89. The molecular formula is C11H15N3O5. The number of aliphatic hydroxyl groups is 1. The van der Waals surface area contributed by atoms with Crippen LogP contribution in [0, 0.1) is 10.1 Å². The average Bonchev–Trinajstić information content (AvgIpc) is 2.88. The van der Waals surface area contributed by atoms with Crippen LogP contribution in [-0.2, 0) is 4.74 Å². The number of nitrogens with zero attached hydrogens (tertiary/aromatic N) is 2. The van der Waals surface area contributed by atoms with Gasteiger partial charge in [0.25, 0.3) is 5.91 Å². The van der Waals surface area contributed by atoms with Gasteiger partial charge in [-0.15, -0.1) is 0 Å². The maximum Gasteiger partial charge on any atom is 0.321 e. The SMILES string of the molecule is CC1COC(CO)CN1C(=O)c1ccc([N+](=O)[O-])[nH]1. The number of amides is 1. The Balaban J connectivity index is 2.14. The van der Waals surface area contributed by atoms with Crippen molar-refractivity contribution < 1.29 is 19.6 Å². The van der Waals surface area contributed by atoms with Crippen LogP contribution in [-0.4, -0.2) is 57.7 Å². The number of aromatic amines is 1. The molecule has 1 aliphatic heterocycles. The molecule has 0 aliphatic carbocycles. The number of hydrogen-bond donors (Lipinski definition) is 2. The van der Waals surface area contributed by atoms with E-state index in [2.05, 4.69) is 4.98 Å². The Morgan fingerprint density at radius 3 is 3.00 bits per heavy atom. The summed E-state index contributed by atoms with van der Waals surface area (Å²) in [7, 11) is 0. The highest BCUT2D eigenvalue weighted by molar-refractivity contribution is 5.93. The molecule has 0 aromatic carbocycles. The monoisotopic (exact) mass is 269 g/mol. The van der Waals surface area contributed by atoms with Gasteiger partial charge in [0, 0.05) is 12.6 Å². The first-order valence-corrected chi connectivity index (χ1v) is 5.89. The second kappa shape index (κ2) is 5.37. The number of morpholine rings is 1. The van der Waals surface area contributed by atoms with Crippen LogP contribution in [0.4, 0.5) is 5.82 Å². The summed E-state index contributed by atoms with van der Waals surface area (Å²) in [5.41, 5.74) is 0.164. The standard InChI is InChI=1S/C11H15N3O5/c1-7-6-19-8(5-15)4-13(7)11(16)9-2-3-10(12-9)14(17)18/h2-3,7-8,12,15H,4-6H2,1H3. The summed E-state index contributed by atoms with van der Waals surface area (Å²) in [6.07, 6.45) is -0.412. The number of hydrogen-bond acceptors (Lipinski definition) is 5. The second-order valence-corrected chi connectivity index (χ2v) is 4.46. The van der Waals surface area contributed by atoms with E-state index in [4.69, 9.17) is 9.84 Å². The first kappa shape index (κ1) is 13.5. The fourth-order valence-corrected chi connectivity index (χ4v) is 1.98. The average molecular weight is 269 g/mol. The van der Waals surface area contributed by atoms with E-state index >= 15 is 0 Å². The van der Waals surface area contributed by atoms with Crippen LogP contribution in [0.1, 0.15) is 17.4 Å². The van der Waals surface area contributed by atoms with Gasteiger partial charge in [-0.1, -0.05) is 0 Å². The molecule has 104 valence electrons. The van der Waals surface area contributed by atoms with Crippen molar-refractivity contribution in [3.8, 4) is 0 Å². The van der Waals surface area contributed by atoms with Crippen molar-refractivity contribution in [2.24, 2.45) is 0 Å². The number of ether oxygens (including phenoxy) is 1. The number of carbonyl (C=O) groups is 1. The van der Waals surface area contributed by atoms with Gasteiger partial charge in [0.2, 0.25) is 0 Å². The fraction of sp³-hybridized carbons (Fsp3) is 0.545. The Morgan fingerprint density at radius 1 is 1.68 bits per heavy atom. The molecule has 8 nitrogen and oxygen atoms in total. The van der Waals surface area contributed by atoms with E-state index in [-0.39, 0.29) is 36.6 Å². The first-order chi connectivity index (χ1) is 9.02. The fourth-order valence-electron chi connectivity index (χ4n) is 1.98. The zero-order chi connectivity index (χ0) is 14.0. The van der Waals surface area contributed by atoms with E-state index in [0.717, 1.165) is 0 Å². The molecule has 1 aromatic rings. The van der Waals surface area contributed by atoms with E-state index in [9.17, 15) is 14.9 Å². The molecule has 19 heavy (non-hydrogen) atoms. The van der Waals surface area contributed by atoms with Crippen molar-refractivity contribution in [1.29, 1.82) is 0 Å². The maximum absolute atomic E-state index is 12.2. The lowest BCUT2D eigenvalue weighted by atomic mass is 10.2. The highest BCUT2D eigenvalue weighted by Gasteiger charge is 2.32. The van der Waals surface area contributed by atoms with Crippen molar-refractivity contribution in [2.45, 2.75) is 19.1 Å². The lowest BCUT2D eigenvalue weighted by Gasteiger charge is -2.36. The molecule has 1 saturated heterocycles. The van der Waals surface area contributed by atoms with Crippen LogP contribution in [0.2, 0.25) is 0 Å². The van der Waals surface area contributed by atoms with Crippen LogP contribution < -0.4 is 0 Å². The molecule has 0 bridgehead atoms. The zero-order valence-corrected chi connectivity index (χ0v) is 10.4.